The van der Waals surface area contributed by atoms with Crippen molar-refractivity contribution in [3.05, 3.63) is 70.7 Å². The summed E-state index contributed by atoms with van der Waals surface area (Å²) in [5, 5.41) is 8.09. The highest BCUT2D eigenvalue weighted by atomic mass is 35.5. The third-order valence-corrected chi connectivity index (χ3v) is 5.40. The van der Waals surface area contributed by atoms with Gasteiger partial charge >= 0.3 is 0 Å². The van der Waals surface area contributed by atoms with Crippen molar-refractivity contribution >= 4 is 29.2 Å². The van der Waals surface area contributed by atoms with Crippen LogP contribution in [0.3, 0.4) is 0 Å². The molecule has 6 nitrogen and oxygen atoms in total. The van der Waals surface area contributed by atoms with E-state index in [9.17, 15) is 9.59 Å². The van der Waals surface area contributed by atoms with Gasteiger partial charge in [0.05, 0.1) is 12.2 Å². The van der Waals surface area contributed by atoms with Gasteiger partial charge in [-0.1, -0.05) is 54.1 Å². The van der Waals surface area contributed by atoms with E-state index in [2.05, 4.69) is 10.4 Å². The molecule has 7 heteroatoms. The zero-order valence-corrected chi connectivity index (χ0v) is 16.8. The van der Waals surface area contributed by atoms with E-state index in [1.54, 1.807) is 10.7 Å². The van der Waals surface area contributed by atoms with Gasteiger partial charge in [-0.2, -0.15) is 5.10 Å². The molecular weight excluding hydrogens is 388 g/mol. The molecule has 0 saturated heterocycles. The Bertz CT molecular complexity index is 1080. The molecule has 0 saturated carbocycles. The average Bonchev–Trinajstić information content (AvgIpc) is 3.14. The monoisotopic (exact) mass is 408 g/mol. The zero-order chi connectivity index (χ0) is 20.4. The van der Waals surface area contributed by atoms with Gasteiger partial charge in [0.1, 0.15) is 12.4 Å². The highest BCUT2D eigenvalue weighted by Crippen LogP contribution is 2.29. The summed E-state index contributed by atoms with van der Waals surface area (Å²) in [6.45, 7) is 2.80. The quantitative estimate of drug-likeness (QED) is 0.701. The van der Waals surface area contributed by atoms with Gasteiger partial charge in [-0.25, -0.2) is 4.68 Å². The largest absolute Gasteiger partial charge is 0.350 e. The number of nitrogens with zero attached hydrogens (tertiary/aromatic N) is 3. The summed E-state index contributed by atoms with van der Waals surface area (Å²) in [5.41, 5.74) is 3.76. The highest BCUT2D eigenvalue weighted by Gasteiger charge is 2.28. The summed E-state index contributed by atoms with van der Waals surface area (Å²) < 4.78 is 1.80. The molecule has 0 radical (unpaired) electrons. The molecule has 0 bridgehead atoms. The molecule has 0 aliphatic carbocycles. The van der Waals surface area contributed by atoms with Crippen molar-refractivity contribution in [1.29, 1.82) is 0 Å². The fraction of sp³-hybridized carbons (Fsp3) is 0.227. The molecule has 1 N–H and O–H groups in total. The molecule has 0 fully saturated rings. The number of amides is 2. The maximum atomic E-state index is 12.5. The number of carbonyl (C=O) groups excluding carboxylic acids is 2. The molecule has 148 valence electrons. The third kappa shape index (κ3) is 4.03. The van der Waals surface area contributed by atoms with Gasteiger partial charge < -0.3 is 5.32 Å². The summed E-state index contributed by atoms with van der Waals surface area (Å²) in [4.78, 5) is 26.5. The number of nitrogens with one attached hydrogen (secondary N) is 1. The summed E-state index contributed by atoms with van der Waals surface area (Å²) in [7, 11) is 0. The van der Waals surface area contributed by atoms with Gasteiger partial charge in [0.2, 0.25) is 11.8 Å². The average molecular weight is 409 g/mol. The van der Waals surface area contributed by atoms with Crippen molar-refractivity contribution in [2.75, 3.05) is 11.4 Å². The van der Waals surface area contributed by atoms with Crippen LogP contribution in [0.5, 0.6) is 0 Å². The molecule has 2 aromatic carbocycles. The molecule has 3 aromatic rings. The van der Waals surface area contributed by atoms with Crippen molar-refractivity contribution < 1.29 is 9.59 Å². The maximum absolute atomic E-state index is 12.5. The topological polar surface area (TPSA) is 67.2 Å². The van der Waals surface area contributed by atoms with Crippen LogP contribution in [0, 0.1) is 6.92 Å². The van der Waals surface area contributed by atoms with Crippen LogP contribution in [0.15, 0.2) is 54.6 Å². The number of hydrogen-bond donors (Lipinski definition) is 1. The van der Waals surface area contributed by atoms with Gasteiger partial charge in [0.15, 0.2) is 0 Å². The second kappa shape index (κ2) is 8.09. The minimum atomic E-state index is -0.245. The summed E-state index contributed by atoms with van der Waals surface area (Å²) >= 11 is 6.14. The van der Waals surface area contributed by atoms with Crippen molar-refractivity contribution in [3.8, 4) is 11.3 Å². The number of fused-ring (bicyclic) bond motifs is 1. The smallest absolute Gasteiger partial charge is 0.240 e. The second-order valence-corrected chi connectivity index (χ2v) is 7.43. The van der Waals surface area contributed by atoms with Crippen LogP contribution in [0.4, 0.5) is 5.82 Å². The first kappa shape index (κ1) is 19.2. The SMILES string of the molecule is Cc1ccccc1-c1cc2n(n1)CCC(=O)N2CC(=O)NCc1ccccc1Cl. The van der Waals surface area contributed by atoms with E-state index >= 15 is 0 Å². The second-order valence-electron chi connectivity index (χ2n) is 7.02. The Hall–Kier alpha value is -3.12. The minimum Gasteiger partial charge on any atom is -0.350 e. The maximum Gasteiger partial charge on any atom is 0.240 e. The van der Waals surface area contributed by atoms with Crippen molar-refractivity contribution in [2.45, 2.75) is 26.4 Å². The first-order valence-electron chi connectivity index (χ1n) is 9.47. The van der Waals surface area contributed by atoms with Crippen molar-refractivity contribution in [1.82, 2.24) is 15.1 Å². The lowest BCUT2D eigenvalue weighted by molar-refractivity contribution is -0.124. The van der Waals surface area contributed by atoms with E-state index in [0.717, 1.165) is 22.4 Å². The lowest BCUT2D eigenvalue weighted by Crippen LogP contribution is -2.44. The van der Waals surface area contributed by atoms with Crippen molar-refractivity contribution in [3.63, 3.8) is 0 Å². The zero-order valence-electron chi connectivity index (χ0n) is 16.1. The Balaban J connectivity index is 1.51. The molecule has 0 spiro atoms. The van der Waals surface area contributed by atoms with Gasteiger partial charge in [-0.05, 0) is 24.1 Å². The van der Waals surface area contributed by atoms with Gasteiger partial charge in [0.25, 0.3) is 0 Å². The van der Waals surface area contributed by atoms with E-state index in [4.69, 9.17) is 11.6 Å². The summed E-state index contributed by atoms with van der Waals surface area (Å²) in [6.07, 6.45) is 0.319. The number of aryl methyl sites for hydroxylation is 2. The fourth-order valence-electron chi connectivity index (χ4n) is 3.45. The molecule has 2 amide bonds. The van der Waals surface area contributed by atoms with E-state index in [1.807, 2.05) is 55.5 Å². The molecule has 29 heavy (non-hydrogen) atoms. The van der Waals surface area contributed by atoms with E-state index in [0.29, 0.717) is 30.4 Å². The number of anilines is 1. The Morgan fingerprint density at radius 1 is 1.17 bits per heavy atom. The number of rotatable bonds is 5. The predicted molar refractivity (Wildman–Crippen MR) is 113 cm³/mol. The molecular formula is C22H21ClN4O2. The standard InChI is InChI=1S/C22H21ClN4O2/c1-15-6-2-4-8-17(15)19-12-21-26(22(29)10-11-27(21)25-19)14-20(28)24-13-16-7-3-5-9-18(16)23/h2-9,12H,10-11,13-14H2,1H3,(H,24,28). The van der Waals surface area contributed by atoms with Crippen molar-refractivity contribution in [2.24, 2.45) is 0 Å². The minimum absolute atomic E-state index is 0.0534. The van der Waals surface area contributed by atoms with Gasteiger partial charge in [0, 0.05) is 29.6 Å². The van der Waals surface area contributed by atoms with Crippen LogP contribution in [0.2, 0.25) is 5.02 Å². The molecule has 4 rings (SSSR count). The van der Waals surface area contributed by atoms with E-state index in [-0.39, 0.29) is 18.4 Å². The van der Waals surface area contributed by atoms with Crippen LogP contribution < -0.4 is 10.2 Å². The summed E-state index contributed by atoms with van der Waals surface area (Å²) in [6, 6.07) is 17.2. The Morgan fingerprint density at radius 2 is 1.93 bits per heavy atom. The Morgan fingerprint density at radius 3 is 2.72 bits per heavy atom. The number of benzene rings is 2. The third-order valence-electron chi connectivity index (χ3n) is 5.03. The Labute approximate surface area is 174 Å². The molecule has 0 atom stereocenters. The molecule has 2 heterocycles. The van der Waals surface area contributed by atoms with Crippen LogP contribution in [-0.2, 0) is 22.7 Å². The van der Waals surface area contributed by atoms with Crippen LogP contribution in [-0.4, -0.2) is 28.1 Å². The first-order chi connectivity index (χ1) is 14.0. The van der Waals surface area contributed by atoms with Crippen LogP contribution in [0.25, 0.3) is 11.3 Å². The molecule has 1 aromatic heterocycles. The number of hydrogen-bond acceptors (Lipinski definition) is 3. The number of halogens is 1. The molecule has 1 aliphatic rings. The number of carbonyl (C=O) groups is 2. The highest BCUT2D eigenvalue weighted by molar-refractivity contribution is 6.31. The van der Waals surface area contributed by atoms with E-state index < -0.39 is 0 Å². The Kier molecular flexibility index (Phi) is 5.36. The predicted octanol–water partition coefficient (Wildman–Crippen LogP) is 3.57. The number of aromatic nitrogens is 2. The first-order valence-corrected chi connectivity index (χ1v) is 9.85. The molecule has 0 unspecified atom stereocenters. The van der Waals surface area contributed by atoms with Gasteiger partial charge in [-0.3, -0.25) is 14.5 Å². The van der Waals surface area contributed by atoms with E-state index in [1.165, 1.54) is 4.90 Å². The normalized spacial score (nSPS) is 13.3. The van der Waals surface area contributed by atoms with Gasteiger partial charge in [-0.15, -0.1) is 0 Å². The van der Waals surface area contributed by atoms with Crippen LogP contribution >= 0.6 is 11.6 Å². The molecule has 1 aliphatic heterocycles. The summed E-state index contributed by atoms with van der Waals surface area (Å²) in [5.74, 6) is 0.319. The fourth-order valence-corrected chi connectivity index (χ4v) is 3.65. The lowest BCUT2D eigenvalue weighted by Gasteiger charge is -2.26. The lowest BCUT2D eigenvalue weighted by atomic mass is 10.1. The van der Waals surface area contributed by atoms with Crippen LogP contribution in [0.1, 0.15) is 17.5 Å².